The number of benzene rings is 1. The minimum atomic E-state index is -0.679. The Kier molecular flexibility index (Phi) is 9.10. The number of pyridine rings is 1. The number of anilines is 2. The fourth-order valence-corrected chi connectivity index (χ4v) is 3.78. The summed E-state index contributed by atoms with van der Waals surface area (Å²) in [5.74, 6) is -0.402. The van der Waals surface area contributed by atoms with Crippen LogP contribution in [-0.2, 0) is 19.0 Å². The summed E-state index contributed by atoms with van der Waals surface area (Å²) in [4.78, 5) is 41.6. The highest BCUT2D eigenvalue weighted by Crippen LogP contribution is 2.33. The van der Waals surface area contributed by atoms with E-state index < -0.39 is 35.8 Å². The van der Waals surface area contributed by atoms with Crippen molar-refractivity contribution >= 4 is 29.5 Å². The van der Waals surface area contributed by atoms with Gasteiger partial charge >= 0.3 is 18.2 Å². The van der Waals surface area contributed by atoms with Crippen molar-refractivity contribution in [2.24, 2.45) is 0 Å². The Bertz CT molecular complexity index is 1160. The lowest BCUT2D eigenvalue weighted by molar-refractivity contribution is -0.143. The van der Waals surface area contributed by atoms with E-state index >= 15 is 0 Å². The third-order valence-corrected chi connectivity index (χ3v) is 5.40. The molecule has 1 aliphatic rings. The lowest BCUT2D eigenvalue weighted by Gasteiger charge is -2.24. The highest BCUT2D eigenvalue weighted by Gasteiger charge is 2.24. The Morgan fingerprint density at radius 3 is 2.54 bits per heavy atom. The number of ether oxygens (including phenoxy) is 3. The first-order valence-corrected chi connectivity index (χ1v) is 12.1. The summed E-state index contributed by atoms with van der Waals surface area (Å²) in [6.45, 7) is 7.40. The molecule has 2 bridgehead atoms. The molecule has 198 valence electrons. The zero-order valence-electron chi connectivity index (χ0n) is 21.8. The van der Waals surface area contributed by atoms with E-state index in [4.69, 9.17) is 14.2 Å². The first-order chi connectivity index (χ1) is 17.6. The van der Waals surface area contributed by atoms with Crippen molar-refractivity contribution in [2.75, 3.05) is 24.4 Å². The van der Waals surface area contributed by atoms with Crippen LogP contribution >= 0.6 is 0 Å². The van der Waals surface area contributed by atoms with Crippen LogP contribution in [0.25, 0.3) is 11.1 Å². The smallest absolute Gasteiger partial charge is 0.411 e. The standard InChI is InChI=1S/C27H34N4O6/c1-6-36-24(32)21-10-8-7-9-20(31-26(34)37-27(2,3)4)23-15-17(13-14-28-23)19-12-11-18(16-22(19)30-21)29-25(33)35-5/h7-8,11-16,20-21,30H,6,9-10H2,1-5H3,(H,29,33)(H,31,34)/b8-7+/t20-,21?/m0/s1. The first-order valence-electron chi connectivity index (χ1n) is 12.1. The van der Waals surface area contributed by atoms with Gasteiger partial charge in [-0.3, -0.25) is 10.3 Å². The molecule has 2 atom stereocenters. The number of esters is 1. The van der Waals surface area contributed by atoms with Gasteiger partial charge in [-0.25, -0.2) is 14.4 Å². The number of fused-ring (bicyclic) bond motifs is 4. The number of amides is 2. The highest BCUT2D eigenvalue weighted by molar-refractivity contribution is 5.90. The van der Waals surface area contributed by atoms with Crippen LogP contribution in [0.3, 0.4) is 0 Å². The van der Waals surface area contributed by atoms with E-state index in [2.05, 4.69) is 20.9 Å². The molecule has 0 radical (unpaired) electrons. The van der Waals surface area contributed by atoms with Gasteiger partial charge in [0.15, 0.2) is 0 Å². The quantitative estimate of drug-likeness (QED) is 0.291. The molecule has 0 spiro atoms. The second-order valence-corrected chi connectivity index (χ2v) is 9.44. The minimum Gasteiger partial charge on any atom is -0.464 e. The van der Waals surface area contributed by atoms with Gasteiger partial charge in [0.1, 0.15) is 11.6 Å². The molecule has 0 aliphatic carbocycles. The van der Waals surface area contributed by atoms with Crippen LogP contribution in [0.1, 0.15) is 52.3 Å². The molecule has 10 nitrogen and oxygen atoms in total. The SMILES string of the molecule is CCOC(=O)C1C/C=C/C[C@H](NC(=O)OC(C)(C)C)c2cc(ccn2)-c2ccc(NC(=O)OC)cc2N1. The molecule has 1 aromatic carbocycles. The summed E-state index contributed by atoms with van der Waals surface area (Å²) < 4.78 is 15.4. The summed E-state index contributed by atoms with van der Waals surface area (Å²) in [5.41, 5.74) is 2.68. The summed E-state index contributed by atoms with van der Waals surface area (Å²) >= 11 is 0. The van der Waals surface area contributed by atoms with Crippen LogP contribution in [-0.4, -0.2) is 48.5 Å². The number of hydrogen-bond acceptors (Lipinski definition) is 8. The number of nitrogens with one attached hydrogen (secondary N) is 3. The Hall–Kier alpha value is -4.08. The molecule has 3 N–H and O–H groups in total. The molecule has 37 heavy (non-hydrogen) atoms. The molecule has 3 rings (SSSR count). The second kappa shape index (κ2) is 12.2. The summed E-state index contributed by atoms with van der Waals surface area (Å²) in [7, 11) is 1.28. The molecule has 0 saturated carbocycles. The van der Waals surface area contributed by atoms with Crippen molar-refractivity contribution in [3.8, 4) is 11.1 Å². The van der Waals surface area contributed by atoms with E-state index in [1.807, 2.05) is 30.4 Å². The topological polar surface area (TPSA) is 128 Å². The van der Waals surface area contributed by atoms with Crippen LogP contribution in [0.15, 0.2) is 48.7 Å². The number of alkyl carbamates (subject to hydrolysis) is 1. The van der Waals surface area contributed by atoms with Crippen molar-refractivity contribution in [3.05, 3.63) is 54.4 Å². The summed E-state index contributed by atoms with van der Waals surface area (Å²) in [5, 5.41) is 8.84. The zero-order chi connectivity index (χ0) is 27.0. The van der Waals surface area contributed by atoms with Crippen LogP contribution in [0.4, 0.5) is 21.0 Å². The van der Waals surface area contributed by atoms with Gasteiger partial charge in [0, 0.05) is 23.1 Å². The Morgan fingerprint density at radius 1 is 1.08 bits per heavy atom. The van der Waals surface area contributed by atoms with E-state index in [1.165, 1.54) is 7.11 Å². The van der Waals surface area contributed by atoms with E-state index in [1.54, 1.807) is 46.0 Å². The largest absolute Gasteiger partial charge is 0.464 e. The van der Waals surface area contributed by atoms with Crippen molar-refractivity contribution < 1.29 is 28.6 Å². The fraction of sp³-hybridized carbons (Fsp3) is 0.407. The lowest BCUT2D eigenvalue weighted by Crippen LogP contribution is -2.35. The molecule has 10 heteroatoms. The van der Waals surface area contributed by atoms with Gasteiger partial charge in [0.2, 0.25) is 0 Å². The molecule has 0 saturated heterocycles. The lowest BCUT2D eigenvalue weighted by atomic mass is 9.99. The average Bonchev–Trinajstić information content (AvgIpc) is 2.83. The maximum absolute atomic E-state index is 12.8. The molecule has 1 unspecified atom stereocenters. The first kappa shape index (κ1) is 27.5. The van der Waals surface area contributed by atoms with Gasteiger partial charge in [-0.1, -0.05) is 18.2 Å². The molecule has 1 aliphatic heterocycles. The van der Waals surface area contributed by atoms with E-state index in [9.17, 15) is 14.4 Å². The predicted molar refractivity (Wildman–Crippen MR) is 140 cm³/mol. The summed E-state index contributed by atoms with van der Waals surface area (Å²) in [6, 6.07) is 7.87. The maximum atomic E-state index is 12.8. The molecular weight excluding hydrogens is 476 g/mol. The Balaban J connectivity index is 2.06. The predicted octanol–water partition coefficient (Wildman–Crippen LogP) is 5.19. The van der Waals surface area contributed by atoms with Crippen LogP contribution in [0.2, 0.25) is 0 Å². The Morgan fingerprint density at radius 2 is 1.84 bits per heavy atom. The van der Waals surface area contributed by atoms with E-state index in [0.29, 0.717) is 29.9 Å². The van der Waals surface area contributed by atoms with Crippen LogP contribution < -0.4 is 16.0 Å². The second-order valence-electron chi connectivity index (χ2n) is 9.44. The van der Waals surface area contributed by atoms with Gasteiger partial charge in [-0.05, 0) is 70.4 Å². The molecule has 1 aromatic heterocycles. The number of rotatable bonds is 4. The number of carbonyl (C=O) groups is 3. The van der Waals surface area contributed by atoms with Crippen molar-refractivity contribution in [1.29, 1.82) is 0 Å². The molecule has 2 heterocycles. The van der Waals surface area contributed by atoms with Gasteiger partial charge in [0.05, 0.1) is 25.5 Å². The third-order valence-electron chi connectivity index (χ3n) is 5.40. The molecular formula is C27H34N4O6. The third kappa shape index (κ3) is 7.96. The number of hydrogen-bond donors (Lipinski definition) is 3. The number of methoxy groups -OCH3 is 1. The minimum absolute atomic E-state index is 0.243. The average molecular weight is 511 g/mol. The fourth-order valence-electron chi connectivity index (χ4n) is 3.78. The van der Waals surface area contributed by atoms with Crippen molar-refractivity contribution in [2.45, 2.75) is 58.2 Å². The van der Waals surface area contributed by atoms with Gasteiger partial charge in [-0.2, -0.15) is 0 Å². The van der Waals surface area contributed by atoms with E-state index in [0.717, 1.165) is 11.1 Å². The van der Waals surface area contributed by atoms with Crippen LogP contribution in [0, 0.1) is 0 Å². The van der Waals surface area contributed by atoms with Crippen molar-refractivity contribution in [3.63, 3.8) is 0 Å². The van der Waals surface area contributed by atoms with Crippen molar-refractivity contribution in [1.82, 2.24) is 10.3 Å². The highest BCUT2D eigenvalue weighted by atomic mass is 16.6. The van der Waals surface area contributed by atoms with Gasteiger partial charge in [-0.15, -0.1) is 0 Å². The zero-order valence-corrected chi connectivity index (χ0v) is 21.8. The van der Waals surface area contributed by atoms with Crippen LogP contribution in [0.5, 0.6) is 0 Å². The number of carbonyl (C=O) groups excluding carboxylic acids is 3. The maximum Gasteiger partial charge on any atom is 0.411 e. The molecule has 0 fully saturated rings. The monoisotopic (exact) mass is 510 g/mol. The number of aromatic nitrogens is 1. The van der Waals surface area contributed by atoms with Gasteiger partial charge in [0.25, 0.3) is 0 Å². The summed E-state index contributed by atoms with van der Waals surface area (Å²) in [6.07, 6.45) is 5.04. The van der Waals surface area contributed by atoms with E-state index in [-0.39, 0.29) is 6.61 Å². The molecule has 2 amide bonds. The Labute approximate surface area is 216 Å². The number of nitrogens with zero attached hydrogens (tertiary/aromatic N) is 1. The normalized spacial score (nSPS) is 18.0. The van der Waals surface area contributed by atoms with Gasteiger partial charge < -0.3 is 24.8 Å². The molecule has 2 aromatic rings.